The first kappa shape index (κ1) is 19.7. The van der Waals surface area contributed by atoms with Crippen LogP contribution in [0.3, 0.4) is 0 Å². The molecule has 1 aromatic heterocycles. The van der Waals surface area contributed by atoms with Gasteiger partial charge >= 0.3 is 6.18 Å². The summed E-state index contributed by atoms with van der Waals surface area (Å²) in [6.45, 7) is 0.807. The molecule has 0 saturated carbocycles. The Labute approximate surface area is 168 Å². The molecule has 1 amide bonds. The highest BCUT2D eigenvalue weighted by molar-refractivity contribution is 6.04. The molecule has 0 saturated heterocycles. The van der Waals surface area contributed by atoms with E-state index in [4.69, 9.17) is 9.47 Å². The molecule has 0 spiro atoms. The molecule has 0 bridgehead atoms. The largest absolute Gasteiger partial charge is 0.486 e. The Morgan fingerprint density at radius 2 is 1.77 bits per heavy atom. The number of alkyl halides is 3. The van der Waals surface area contributed by atoms with Crippen LogP contribution < -0.4 is 14.8 Å². The third-order valence-electron chi connectivity index (χ3n) is 4.40. The molecule has 0 atom stereocenters. The first-order chi connectivity index (χ1) is 14.3. The van der Waals surface area contributed by atoms with E-state index in [1.807, 2.05) is 0 Å². The zero-order valence-electron chi connectivity index (χ0n) is 15.3. The Kier molecular flexibility index (Phi) is 5.03. The van der Waals surface area contributed by atoms with Crippen molar-refractivity contribution in [2.24, 2.45) is 0 Å². The van der Waals surface area contributed by atoms with Crippen LogP contribution in [0.1, 0.15) is 15.9 Å². The number of anilines is 1. The summed E-state index contributed by atoms with van der Waals surface area (Å²) >= 11 is 0. The number of rotatable bonds is 3. The Morgan fingerprint density at radius 1 is 1.00 bits per heavy atom. The van der Waals surface area contributed by atoms with Gasteiger partial charge < -0.3 is 14.8 Å². The number of aromatic nitrogens is 1. The number of carbonyl (C=O) groups is 1. The van der Waals surface area contributed by atoms with Gasteiger partial charge in [0, 0.05) is 29.1 Å². The summed E-state index contributed by atoms with van der Waals surface area (Å²) in [5.74, 6) is -0.607. The van der Waals surface area contributed by atoms with E-state index in [9.17, 15) is 22.4 Å². The van der Waals surface area contributed by atoms with Crippen molar-refractivity contribution in [2.45, 2.75) is 6.18 Å². The zero-order chi connectivity index (χ0) is 21.3. The van der Waals surface area contributed by atoms with E-state index < -0.39 is 29.2 Å². The van der Waals surface area contributed by atoms with Gasteiger partial charge in [0.15, 0.2) is 11.5 Å². The number of pyridine rings is 1. The number of halogens is 4. The maximum Gasteiger partial charge on any atom is 0.418 e. The molecule has 3 aromatic rings. The van der Waals surface area contributed by atoms with Crippen LogP contribution in [0.25, 0.3) is 11.3 Å². The average molecular weight is 418 g/mol. The second kappa shape index (κ2) is 7.66. The third-order valence-corrected chi connectivity index (χ3v) is 4.40. The molecule has 154 valence electrons. The van der Waals surface area contributed by atoms with Gasteiger partial charge in [0.25, 0.3) is 5.91 Å². The van der Waals surface area contributed by atoms with Gasteiger partial charge in [0.1, 0.15) is 19.0 Å². The average Bonchev–Trinajstić information content (AvgIpc) is 2.73. The lowest BCUT2D eigenvalue weighted by Crippen LogP contribution is -2.16. The minimum Gasteiger partial charge on any atom is -0.486 e. The lowest BCUT2D eigenvalue weighted by molar-refractivity contribution is -0.137. The smallest absolute Gasteiger partial charge is 0.418 e. The summed E-state index contributed by atoms with van der Waals surface area (Å²) in [5.41, 5.74) is -1.61. The van der Waals surface area contributed by atoms with Gasteiger partial charge in [-0.1, -0.05) is 0 Å². The fraction of sp³-hybridized carbons (Fsp3) is 0.143. The van der Waals surface area contributed by atoms with Crippen molar-refractivity contribution in [3.63, 3.8) is 0 Å². The van der Waals surface area contributed by atoms with Crippen LogP contribution in [0.4, 0.5) is 23.2 Å². The quantitative estimate of drug-likeness (QED) is 0.613. The van der Waals surface area contributed by atoms with Crippen molar-refractivity contribution < 1.29 is 31.8 Å². The van der Waals surface area contributed by atoms with Crippen LogP contribution >= 0.6 is 0 Å². The minimum atomic E-state index is -4.69. The number of hydrogen-bond donors (Lipinski definition) is 1. The standard InChI is InChI=1S/C21H14F4N2O3/c22-16-10-12(3-5-14(16)19-15(21(23,24)25)2-1-7-26-19)20(28)27-13-4-6-17-18(11-13)30-9-8-29-17/h1-7,10-11H,8-9H2,(H,27,28). The number of carbonyl (C=O) groups excluding carboxylic acids is 1. The highest BCUT2D eigenvalue weighted by atomic mass is 19.4. The second-order valence-electron chi connectivity index (χ2n) is 6.40. The van der Waals surface area contributed by atoms with E-state index in [-0.39, 0.29) is 11.1 Å². The Bertz CT molecular complexity index is 1120. The summed E-state index contributed by atoms with van der Waals surface area (Å²) in [4.78, 5) is 16.1. The SMILES string of the molecule is O=C(Nc1ccc2c(c1)OCCO2)c1ccc(-c2ncccc2C(F)(F)F)c(F)c1. The van der Waals surface area contributed by atoms with Gasteiger partial charge in [-0.05, 0) is 42.5 Å². The maximum atomic E-state index is 14.6. The molecule has 9 heteroatoms. The molecule has 0 unspecified atom stereocenters. The van der Waals surface area contributed by atoms with Crippen LogP contribution in [0.15, 0.2) is 54.7 Å². The van der Waals surface area contributed by atoms with E-state index in [1.54, 1.807) is 18.2 Å². The number of nitrogens with one attached hydrogen (secondary N) is 1. The van der Waals surface area contributed by atoms with Crippen molar-refractivity contribution in [1.82, 2.24) is 4.98 Å². The maximum absolute atomic E-state index is 14.6. The van der Waals surface area contributed by atoms with E-state index in [1.165, 1.54) is 6.07 Å². The van der Waals surface area contributed by atoms with Crippen LogP contribution in [0, 0.1) is 5.82 Å². The highest BCUT2D eigenvalue weighted by Crippen LogP contribution is 2.37. The van der Waals surface area contributed by atoms with Gasteiger partial charge in [-0.15, -0.1) is 0 Å². The number of ether oxygens (including phenoxy) is 2. The second-order valence-corrected chi connectivity index (χ2v) is 6.40. The first-order valence-corrected chi connectivity index (χ1v) is 8.86. The molecule has 0 fully saturated rings. The normalized spacial score (nSPS) is 13.1. The minimum absolute atomic E-state index is 0.0596. The topological polar surface area (TPSA) is 60.5 Å². The van der Waals surface area contributed by atoms with Gasteiger partial charge in [0.2, 0.25) is 0 Å². The van der Waals surface area contributed by atoms with Gasteiger partial charge in [-0.25, -0.2) is 4.39 Å². The number of amides is 1. The van der Waals surface area contributed by atoms with Gasteiger partial charge in [-0.3, -0.25) is 9.78 Å². The number of hydrogen-bond acceptors (Lipinski definition) is 4. The molecule has 2 heterocycles. The molecule has 5 nitrogen and oxygen atoms in total. The predicted molar refractivity (Wildman–Crippen MR) is 100 cm³/mol. The first-order valence-electron chi connectivity index (χ1n) is 8.86. The lowest BCUT2D eigenvalue weighted by Gasteiger charge is -2.19. The Balaban J connectivity index is 1.59. The van der Waals surface area contributed by atoms with Crippen molar-refractivity contribution in [2.75, 3.05) is 18.5 Å². The lowest BCUT2D eigenvalue weighted by atomic mass is 10.0. The third kappa shape index (κ3) is 3.91. The number of nitrogens with zero attached hydrogens (tertiary/aromatic N) is 1. The Hall–Kier alpha value is -3.62. The van der Waals surface area contributed by atoms with Crippen LogP contribution in [-0.2, 0) is 6.18 Å². The highest BCUT2D eigenvalue weighted by Gasteiger charge is 2.35. The molecule has 1 N–H and O–H groups in total. The van der Waals surface area contributed by atoms with Crippen LogP contribution in [0.2, 0.25) is 0 Å². The van der Waals surface area contributed by atoms with E-state index in [0.717, 1.165) is 30.5 Å². The Morgan fingerprint density at radius 3 is 2.50 bits per heavy atom. The van der Waals surface area contributed by atoms with Gasteiger partial charge in [0.05, 0.1) is 11.3 Å². The molecular formula is C21H14F4N2O3. The molecule has 2 aromatic carbocycles. The molecule has 1 aliphatic rings. The van der Waals surface area contributed by atoms with E-state index in [2.05, 4.69) is 10.3 Å². The van der Waals surface area contributed by atoms with Gasteiger partial charge in [-0.2, -0.15) is 13.2 Å². The van der Waals surface area contributed by atoms with E-state index >= 15 is 0 Å². The van der Waals surface area contributed by atoms with Crippen molar-refractivity contribution in [3.05, 3.63) is 71.7 Å². The molecule has 0 radical (unpaired) electrons. The summed E-state index contributed by atoms with van der Waals surface area (Å²) < 4.78 is 65.0. The summed E-state index contributed by atoms with van der Waals surface area (Å²) in [6, 6.07) is 9.96. The van der Waals surface area contributed by atoms with Crippen molar-refractivity contribution in [3.8, 4) is 22.8 Å². The molecule has 30 heavy (non-hydrogen) atoms. The summed E-state index contributed by atoms with van der Waals surface area (Å²) in [6.07, 6.45) is -3.54. The van der Waals surface area contributed by atoms with Crippen LogP contribution in [-0.4, -0.2) is 24.1 Å². The van der Waals surface area contributed by atoms with Crippen molar-refractivity contribution >= 4 is 11.6 Å². The monoisotopic (exact) mass is 418 g/mol. The molecule has 1 aliphatic heterocycles. The van der Waals surface area contributed by atoms with E-state index in [0.29, 0.717) is 30.4 Å². The molecule has 4 rings (SSSR count). The molecular weight excluding hydrogens is 404 g/mol. The number of fused-ring (bicyclic) bond motifs is 1. The number of benzene rings is 2. The predicted octanol–water partition coefficient (Wildman–Crippen LogP) is 4.93. The fourth-order valence-electron chi connectivity index (χ4n) is 3.02. The fourth-order valence-corrected chi connectivity index (χ4v) is 3.02. The summed E-state index contributed by atoms with van der Waals surface area (Å²) in [7, 11) is 0. The summed E-state index contributed by atoms with van der Waals surface area (Å²) in [5, 5.41) is 2.59. The van der Waals surface area contributed by atoms with Crippen molar-refractivity contribution in [1.29, 1.82) is 0 Å². The zero-order valence-corrected chi connectivity index (χ0v) is 15.3. The molecule has 0 aliphatic carbocycles. The van der Waals surface area contributed by atoms with Crippen LogP contribution in [0.5, 0.6) is 11.5 Å².